The lowest BCUT2D eigenvalue weighted by molar-refractivity contribution is 1.01. The fraction of sp³-hybridized carbons (Fsp3) is 0.0435. The van der Waals surface area contributed by atoms with Crippen molar-refractivity contribution in [3.8, 4) is 33.6 Å². The van der Waals surface area contributed by atoms with Crippen molar-refractivity contribution in [1.82, 2.24) is 19.1 Å². The molecule has 0 spiro atoms. The minimum absolute atomic E-state index is 0.962. The lowest BCUT2D eigenvalue weighted by Crippen LogP contribution is -2.01. The van der Waals surface area contributed by atoms with E-state index in [1.54, 1.807) is 0 Å². The average Bonchev–Trinajstić information content (AvgIpc) is 3.68. The van der Waals surface area contributed by atoms with Crippen LogP contribution in [0.25, 0.3) is 88.0 Å². The topological polar surface area (TPSA) is 35.6 Å². The van der Waals surface area contributed by atoms with E-state index in [1.807, 2.05) is 0 Å². The number of nitrogens with zero attached hydrogens (tertiary/aromatic N) is 4. The third kappa shape index (κ3) is 4.25. The van der Waals surface area contributed by atoms with Gasteiger partial charge in [-0.1, -0.05) is 109 Å². The van der Waals surface area contributed by atoms with Crippen LogP contribution < -0.4 is 0 Å². The summed E-state index contributed by atoms with van der Waals surface area (Å²) in [4.78, 5) is 9.94. The van der Waals surface area contributed by atoms with E-state index in [2.05, 4.69) is 181 Å². The summed E-state index contributed by atoms with van der Waals surface area (Å²) in [5.41, 5.74) is 11.3. The predicted octanol–water partition coefficient (Wildman–Crippen LogP) is 11.8. The summed E-state index contributed by atoms with van der Waals surface area (Å²) in [6.07, 6.45) is 0. The monoisotopic (exact) mass is 640 g/mol. The SMILES string of the molecule is Cc1nc2ccccc2n1-c1cccc2c(-c3cccc4cc(-c5ccccc5)ccc34)c3cccc(-n4c(C)nc5ccccc54)c3cc12. The van der Waals surface area contributed by atoms with Crippen molar-refractivity contribution in [2.24, 2.45) is 0 Å². The molecule has 0 atom stereocenters. The lowest BCUT2D eigenvalue weighted by Gasteiger charge is -2.20. The van der Waals surface area contributed by atoms with Gasteiger partial charge in [-0.25, -0.2) is 9.97 Å². The molecule has 0 amide bonds. The maximum Gasteiger partial charge on any atom is 0.111 e. The maximum absolute atomic E-state index is 4.97. The minimum atomic E-state index is 0.962. The molecule has 0 saturated carbocycles. The minimum Gasteiger partial charge on any atom is -0.296 e. The van der Waals surface area contributed by atoms with E-state index >= 15 is 0 Å². The first-order valence-corrected chi connectivity index (χ1v) is 17.1. The third-order valence-corrected chi connectivity index (χ3v) is 10.2. The van der Waals surface area contributed by atoms with Crippen molar-refractivity contribution >= 4 is 54.4 Å². The molecule has 0 fully saturated rings. The van der Waals surface area contributed by atoms with Crippen LogP contribution in [0.4, 0.5) is 0 Å². The molecular formula is C46H32N4. The highest BCUT2D eigenvalue weighted by Gasteiger charge is 2.20. The van der Waals surface area contributed by atoms with Gasteiger partial charge < -0.3 is 0 Å². The van der Waals surface area contributed by atoms with E-state index < -0.39 is 0 Å². The number of fused-ring (bicyclic) bond motifs is 5. The van der Waals surface area contributed by atoms with E-state index in [1.165, 1.54) is 54.6 Å². The molecule has 0 bridgehead atoms. The van der Waals surface area contributed by atoms with Gasteiger partial charge in [-0.2, -0.15) is 0 Å². The standard InChI is InChI=1S/C46H32N4/c1-29-47-40-19-6-8-21-44(40)49(29)42-23-11-17-36-38(42)28-39-37(18-12-24-43(39)50-30(2)48-41-20-7-9-22-45(41)50)46(36)35-16-10-15-33-27-32(25-26-34(33)35)31-13-4-3-5-14-31/h3-28H,1-2H3. The normalized spacial score (nSPS) is 11.8. The second-order valence-electron chi connectivity index (χ2n) is 13.1. The van der Waals surface area contributed by atoms with Gasteiger partial charge in [0.1, 0.15) is 11.6 Å². The van der Waals surface area contributed by atoms with Crippen LogP contribution in [0.1, 0.15) is 11.6 Å². The third-order valence-electron chi connectivity index (χ3n) is 10.2. The molecule has 0 saturated heterocycles. The van der Waals surface area contributed by atoms with Crippen LogP contribution in [-0.4, -0.2) is 19.1 Å². The van der Waals surface area contributed by atoms with E-state index in [4.69, 9.17) is 9.97 Å². The first-order chi connectivity index (χ1) is 24.6. The Labute approximate surface area is 289 Å². The molecule has 10 rings (SSSR count). The molecule has 4 nitrogen and oxygen atoms in total. The Morgan fingerprint density at radius 1 is 0.400 bits per heavy atom. The maximum atomic E-state index is 4.97. The molecule has 2 aromatic heterocycles. The van der Waals surface area contributed by atoms with Crippen LogP contribution in [0.15, 0.2) is 158 Å². The lowest BCUT2D eigenvalue weighted by atomic mass is 9.87. The van der Waals surface area contributed by atoms with E-state index in [0.717, 1.165) is 45.1 Å². The summed E-state index contributed by atoms with van der Waals surface area (Å²) < 4.78 is 4.62. The number of rotatable bonds is 4. The molecule has 0 aliphatic heterocycles. The quantitative estimate of drug-likeness (QED) is 0.179. The summed E-state index contributed by atoms with van der Waals surface area (Å²) in [6, 6.07) is 56.8. The summed E-state index contributed by atoms with van der Waals surface area (Å²) in [6.45, 7) is 4.20. The van der Waals surface area contributed by atoms with Gasteiger partial charge in [0.15, 0.2) is 0 Å². The molecule has 0 aliphatic rings. The molecule has 236 valence electrons. The molecule has 0 unspecified atom stereocenters. The van der Waals surface area contributed by atoms with Crippen molar-refractivity contribution in [2.45, 2.75) is 13.8 Å². The predicted molar refractivity (Wildman–Crippen MR) is 209 cm³/mol. The van der Waals surface area contributed by atoms with Crippen LogP contribution in [0.2, 0.25) is 0 Å². The number of aromatic nitrogens is 4. The van der Waals surface area contributed by atoms with Crippen molar-refractivity contribution in [3.63, 3.8) is 0 Å². The fourth-order valence-corrected chi connectivity index (χ4v) is 8.03. The van der Waals surface area contributed by atoms with Crippen LogP contribution in [0, 0.1) is 13.8 Å². The van der Waals surface area contributed by atoms with Crippen molar-refractivity contribution in [1.29, 1.82) is 0 Å². The highest BCUT2D eigenvalue weighted by Crippen LogP contribution is 2.44. The molecule has 50 heavy (non-hydrogen) atoms. The number of hydrogen-bond acceptors (Lipinski definition) is 2. The van der Waals surface area contributed by atoms with Gasteiger partial charge in [0.05, 0.1) is 33.4 Å². The number of imidazole rings is 2. The Balaban J connectivity index is 1.34. The van der Waals surface area contributed by atoms with Gasteiger partial charge in [0, 0.05) is 10.8 Å². The second kappa shape index (κ2) is 11.0. The Morgan fingerprint density at radius 2 is 0.960 bits per heavy atom. The van der Waals surface area contributed by atoms with E-state index in [0.29, 0.717) is 0 Å². The molecule has 10 aromatic rings. The zero-order valence-corrected chi connectivity index (χ0v) is 27.8. The Hall–Kier alpha value is -6.52. The first kappa shape index (κ1) is 28.5. The van der Waals surface area contributed by atoms with E-state index in [-0.39, 0.29) is 0 Å². The van der Waals surface area contributed by atoms with Gasteiger partial charge in [-0.3, -0.25) is 9.13 Å². The molecule has 0 aliphatic carbocycles. The Bertz CT molecular complexity index is 2810. The van der Waals surface area contributed by atoms with Gasteiger partial charge in [0.25, 0.3) is 0 Å². The molecule has 8 aromatic carbocycles. The van der Waals surface area contributed by atoms with Crippen molar-refractivity contribution < 1.29 is 0 Å². The highest BCUT2D eigenvalue weighted by atomic mass is 15.1. The van der Waals surface area contributed by atoms with Gasteiger partial charge in [-0.05, 0) is 106 Å². The van der Waals surface area contributed by atoms with Gasteiger partial charge in [0.2, 0.25) is 0 Å². The molecule has 4 heteroatoms. The van der Waals surface area contributed by atoms with E-state index in [9.17, 15) is 0 Å². The summed E-state index contributed by atoms with van der Waals surface area (Å²) in [5, 5.41) is 7.20. The molecule has 0 N–H and O–H groups in total. The molecular weight excluding hydrogens is 609 g/mol. The number of aryl methyl sites for hydroxylation is 2. The largest absolute Gasteiger partial charge is 0.296 e. The van der Waals surface area contributed by atoms with Crippen molar-refractivity contribution in [3.05, 3.63) is 169 Å². The van der Waals surface area contributed by atoms with Crippen molar-refractivity contribution in [2.75, 3.05) is 0 Å². The molecule has 2 heterocycles. The smallest absolute Gasteiger partial charge is 0.111 e. The number of para-hydroxylation sites is 4. The number of benzene rings is 8. The number of hydrogen-bond donors (Lipinski definition) is 0. The van der Waals surface area contributed by atoms with Gasteiger partial charge in [-0.15, -0.1) is 0 Å². The zero-order chi connectivity index (χ0) is 33.3. The highest BCUT2D eigenvalue weighted by molar-refractivity contribution is 6.20. The summed E-state index contributed by atoms with van der Waals surface area (Å²) in [7, 11) is 0. The van der Waals surface area contributed by atoms with Crippen LogP contribution in [0.5, 0.6) is 0 Å². The van der Waals surface area contributed by atoms with Crippen LogP contribution in [0.3, 0.4) is 0 Å². The van der Waals surface area contributed by atoms with Crippen LogP contribution >= 0.6 is 0 Å². The second-order valence-corrected chi connectivity index (χ2v) is 13.1. The first-order valence-electron chi connectivity index (χ1n) is 17.1. The Morgan fingerprint density at radius 3 is 1.58 bits per heavy atom. The zero-order valence-electron chi connectivity index (χ0n) is 27.8. The average molecular weight is 641 g/mol. The fourth-order valence-electron chi connectivity index (χ4n) is 8.03. The van der Waals surface area contributed by atoms with Crippen LogP contribution in [-0.2, 0) is 0 Å². The summed E-state index contributed by atoms with van der Waals surface area (Å²) >= 11 is 0. The molecule has 0 radical (unpaired) electrons. The Kier molecular flexibility index (Phi) is 6.27. The van der Waals surface area contributed by atoms with Gasteiger partial charge >= 0.3 is 0 Å². The summed E-state index contributed by atoms with van der Waals surface area (Å²) in [5.74, 6) is 1.92.